The number of ether oxygens (including phenoxy) is 1. The van der Waals surface area contributed by atoms with Crippen molar-refractivity contribution in [2.24, 2.45) is 0 Å². The van der Waals surface area contributed by atoms with Gasteiger partial charge >= 0.3 is 6.03 Å². The van der Waals surface area contributed by atoms with Gasteiger partial charge in [-0.05, 0) is 11.6 Å². The summed E-state index contributed by atoms with van der Waals surface area (Å²) in [4.78, 5) is 11.6. The Balaban J connectivity index is 1.48. The summed E-state index contributed by atoms with van der Waals surface area (Å²) in [5, 5.41) is 11.8. The molecule has 6 nitrogen and oxygen atoms in total. The molecule has 6 heteroatoms. The first kappa shape index (κ1) is 11.6. The van der Waals surface area contributed by atoms with E-state index in [0.29, 0.717) is 12.2 Å². The Morgan fingerprint density at radius 1 is 1.47 bits per heavy atom. The monoisotopic (exact) mass is 258 g/mol. The molecule has 0 saturated heterocycles. The maximum absolute atomic E-state index is 11.6. The molecule has 0 radical (unpaired) electrons. The molecule has 0 bridgehead atoms. The second-order valence-corrected chi connectivity index (χ2v) is 4.37. The van der Waals surface area contributed by atoms with E-state index in [2.05, 4.69) is 20.8 Å². The molecule has 1 aliphatic heterocycles. The molecule has 98 valence electrons. The highest BCUT2D eigenvalue weighted by Gasteiger charge is 2.22. The highest BCUT2D eigenvalue weighted by molar-refractivity contribution is 5.88. The van der Waals surface area contributed by atoms with Gasteiger partial charge < -0.3 is 15.4 Å². The highest BCUT2D eigenvalue weighted by Crippen LogP contribution is 2.27. The van der Waals surface area contributed by atoms with E-state index < -0.39 is 0 Å². The molecule has 1 aromatic carbocycles. The molecular formula is C13H14N4O2. The Morgan fingerprint density at radius 2 is 2.37 bits per heavy atom. The first-order valence-electron chi connectivity index (χ1n) is 6.09. The second kappa shape index (κ2) is 5.01. The molecule has 0 aliphatic carbocycles. The molecule has 2 heterocycles. The lowest BCUT2D eigenvalue weighted by atomic mass is 10.1. The van der Waals surface area contributed by atoms with Crippen LogP contribution >= 0.6 is 0 Å². The zero-order valence-electron chi connectivity index (χ0n) is 10.2. The number of carbonyl (C=O) groups excluding carboxylic acids is 1. The maximum Gasteiger partial charge on any atom is 0.319 e. The summed E-state index contributed by atoms with van der Waals surface area (Å²) in [5.41, 5.74) is 1.82. The molecule has 19 heavy (non-hydrogen) atoms. The van der Waals surface area contributed by atoms with Crippen LogP contribution in [0.2, 0.25) is 0 Å². The van der Waals surface area contributed by atoms with E-state index in [4.69, 9.17) is 4.74 Å². The van der Waals surface area contributed by atoms with Crippen LogP contribution in [0.5, 0.6) is 5.75 Å². The minimum atomic E-state index is -0.263. The summed E-state index contributed by atoms with van der Waals surface area (Å²) < 4.78 is 5.73. The van der Waals surface area contributed by atoms with Gasteiger partial charge in [-0.3, -0.25) is 5.10 Å². The molecule has 0 spiro atoms. The van der Waals surface area contributed by atoms with Crippen molar-refractivity contribution >= 4 is 11.7 Å². The Morgan fingerprint density at radius 3 is 3.16 bits per heavy atom. The van der Waals surface area contributed by atoms with E-state index in [1.165, 1.54) is 5.56 Å². The van der Waals surface area contributed by atoms with Gasteiger partial charge in [0.15, 0.2) is 0 Å². The number of nitrogens with one attached hydrogen (secondary N) is 3. The number of anilines is 1. The number of hydrogen-bond donors (Lipinski definition) is 3. The van der Waals surface area contributed by atoms with Crippen molar-refractivity contribution in [3.63, 3.8) is 0 Å². The number of H-pyrrole nitrogens is 1. The third-order valence-electron chi connectivity index (χ3n) is 2.96. The smallest absolute Gasteiger partial charge is 0.319 e. The number of hydrogen-bond acceptors (Lipinski definition) is 3. The van der Waals surface area contributed by atoms with Crippen LogP contribution in [-0.2, 0) is 6.42 Å². The number of fused-ring (bicyclic) bond motifs is 1. The summed E-state index contributed by atoms with van der Waals surface area (Å²) in [6, 6.07) is 7.66. The van der Waals surface area contributed by atoms with Crippen molar-refractivity contribution in [3.8, 4) is 5.75 Å². The van der Waals surface area contributed by atoms with Crippen molar-refractivity contribution in [3.05, 3.63) is 42.2 Å². The van der Waals surface area contributed by atoms with Crippen molar-refractivity contribution in [2.75, 3.05) is 11.9 Å². The van der Waals surface area contributed by atoms with Gasteiger partial charge in [-0.1, -0.05) is 18.2 Å². The van der Waals surface area contributed by atoms with Crippen LogP contribution in [0.25, 0.3) is 0 Å². The zero-order valence-corrected chi connectivity index (χ0v) is 10.2. The van der Waals surface area contributed by atoms with E-state index in [0.717, 1.165) is 12.2 Å². The quantitative estimate of drug-likeness (QED) is 0.781. The molecular weight excluding hydrogens is 244 g/mol. The SMILES string of the molecule is O=C(NC[C@H]1Cc2ccccc2O1)Nc1cn[nH]c1. The van der Waals surface area contributed by atoms with Crippen LogP contribution in [-0.4, -0.2) is 28.9 Å². The maximum atomic E-state index is 11.6. The minimum Gasteiger partial charge on any atom is -0.488 e. The lowest BCUT2D eigenvalue weighted by Crippen LogP contribution is -2.37. The van der Waals surface area contributed by atoms with Crippen molar-refractivity contribution in [1.29, 1.82) is 0 Å². The average Bonchev–Trinajstić information content (AvgIpc) is 3.04. The van der Waals surface area contributed by atoms with Crippen LogP contribution in [0.3, 0.4) is 0 Å². The standard InChI is InChI=1S/C13H14N4O2/c18-13(17-10-6-15-16-7-10)14-8-11-5-9-3-1-2-4-12(9)19-11/h1-4,6-7,11H,5,8H2,(H,15,16)(H2,14,17,18)/t11-/m1/s1. The molecule has 0 unspecified atom stereocenters. The summed E-state index contributed by atoms with van der Waals surface area (Å²) in [7, 11) is 0. The predicted octanol–water partition coefficient (Wildman–Crippen LogP) is 1.53. The van der Waals surface area contributed by atoms with Gasteiger partial charge in [-0.15, -0.1) is 0 Å². The number of nitrogens with zero attached hydrogens (tertiary/aromatic N) is 1. The van der Waals surface area contributed by atoms with Gasteiger partial charge in [0, 0.05) is 12.6 Å². The first-order chi connectivity index (χ1) is 9.31. The lowest BCUT2D eigenvalue weighted by molar-refractivity contribution is 0.219. The Labute approximate surface area is 110 Å². The fraction of sp³-hybridized carbons (Fsp3) is 0.231. The first-order valence-corrected chi connectivity index (χ1v) is 6.09. The number of urea groups is 1. The molecule has 2 aromatic rings. The van der Waals surface area contributed by atoms with Gasteiger partial charge in [0.05, 0.1) is 18.4 Å². The molecule has 3 N–H and O–H groups in total. The number of rotatable bonds is 3. The van der Waals surface area contributed by atoms with Crippen molar-refractivity contribution in [2.45, 2.75) is 12.5 Å². The highest BCUT2D eigenvalue weighted by atomic mass is 16.5. The lowest BCUT2D eigenvalue weighted by Gasteiger charge is -2.12. The minimum absolute atomic E-state index is 0.00694. The predicted molar refractivity (Wildman–Crippen MR) is 70.2 cm³/mol. The number of aromatic amines is 1. The number of benzene rings is 1. The fourth-order valence-electron chi connectivity index (χ4n) is 2.07. The summed E-state index contributed by atoms with van der Waals surface area (Å²) in [6.45, 7) is 0.471. The summed E-state index contributed by atoms with van der Waals surface area (Å²) in [6.07, 6.45) is 3.97. The van der Waals surface area contributed by atoms with E-state index in [1.54, 1.807) is 12.4 Å². The molecule has 1 atom stereocenters. The van der Waals surface area contributed by atoms with Gasteiger partial charge in [-0.25, -0.2) is 4.79 Å². The van der Waals surface area contributed by atoms with Gasteiger partial charge in [0.2, 0.25) is 0 Å². The average molecular weight is 258 g/mol. The van der Waals surface area contributed by atoms with E-state index in [-0.39, 0.29) is 12.1 Å². The third kappa shape index (κ3) is 2.67. The summed E-state index contributed by atoms with van der Waals surface area (Å²) in [5.74, 6) is 0.907. The van der Waals surface area contributed by atoms with Crippen molar-refractivity contribution in [1.82, 2.24) is 15.5 Å². The van der Waals surface area contributed by atoms with E-state index in [1.807, 2.05) is 24.3 Å². The van der Waals surface area contributed by atoms with Crippen molar-refractivity contribution < 1.29 is 9.53 Å². The number of amides is 2. The Hall–Kier alpha value is -2.50. The molecule has 0 fully saturated rings. The third-order valence-corrected chi connectivity index (χ3v) is 2.96. The van der Waals surface area contributed by atoms with E-state index >= 15 is 0 Å². The zero-order chi connectivity index (χ0) is 13.1. The Kier molecular flexibility index (Phi) is 3.06. The number of para-hydroxylation sites is 1. The normalized spacial score (nSPS) is 16.5. The molecule has 0 saturated carbocycles. The second-order valence-electron chi connectivity index (χ2n) is 4.37. The van der Waals surface area contributed by atoms with Crippen LogP contribution in [0.1, 0.15) is 5.56 Å². The van der Waals surface area contributed by atoms with Gasteiger partial charge in [-0.2, -0.15) is 5.10 Å². The van der Waals surface area contributed by atoms with E-state index in [9.17, 15) is 4.79 Å². The van der Waals surface area contributed by atoms with Crippen LogP contribution in [0.4, 0.5) is 10.5 Å². The Bertz CT molecular complexity index is 543. The molecule has 2 amide bonds. The topological polar surface area (TPSA) is 79.0 Å². The van der Waals surface area contributed by atoms with Gasteiger partial charge in [0.1, 0.15) is 11.9 Å². The van der Waals surface area contributed by atoms with Crippen LogP contribution < -0.4 is 15.4 Å². The van der Waals surface area contributed by atoms with Crippen LogP contribution in [0, 0.1) is 0 Å². The largest absolute Gasteiger partial charge is 0.488 e. The molecule has 3 rings (SSSR count). The summed E-state index contributed by atoms with van der Waals surface area (Å²) >= 11 is 0. The fourth-order valence-corrected chi connectivity index (χ4v) is 2.07. The molecule has 1 aromatic heterocycles. The molecule has 1 aliphatic rings. The number of aromatic nitrogens is 2. The number of carbonyl (C=O) groups is 1. The van der Waals surface area contributed by atoms with Crippen LogP contribution in [0.15, 0.2) is 36.7 Å². The van der Waals surface area contributed by atoms with Gasteiger partial charge in [0.25, 0.3) is 0 Å².